The summed E-state index contributed by atoms with van der Waals surface area (Å²) in [6.07, 6.45) is 3.55. The average molecular weight is 490 g/mol. The highest BCUT2D eigenvalue weighted by atomic mass is 79.9. The van der Waals surface area contributed by atoms with Gasteiger partial charge in [0.05, 0.1) is 11.4 Å². The molecule has 128 valence electrons. The summed E-state index contributed by atoms with van der Waals surface area (Å²) in [7, 11) is 0. The zero-order chi connectivity index (χ0) is 18.1. The predicted molar refractivity (Wildman–Crippen MR) is 113 cm³/mol. The number of nitrogens with zero attached hydrogens (tertiary/aromatic N) is 2. The molecule has 0 aliphatic heterocycles. The number of aromatic amines is 1. The van der Waals surface area contributed by atoms with E-state index in [2.05, 4.69) is 41.8 Å². The van der Waals surface area contributed by atoms with E-state index in [0.29, 0.717) is 5.02 Å². The second kappa shape index (κ2) is 7.35. The van der Waals surface area contributed by atoms with Gasteiger partial charge in [0.15, 0.2) is 0 Å². The van der Waals surface area contributed by atoms with Gasteiger partial charge in [-0.1, -0.05) is 29.8 Å². The largest absolute Gasteiger partial charge is 0.337 e. The molecule has 26 heavy (non-hydrogen) atoms. The van der Waals surface area contributed by atoms with E-state index in [9.17, 15) is 0 Å². The first-order valence-corrected chi connectivity index (χ1v) is 9.80. The zero-order valence-electron chi connectivity index (χ0n) is 13.4. The van der Waals surface area contributed by atoms with Crippen LogP contribution in [0.15, 0.2) is 75.9 Å². The fourth-order valence-electron chi connectivity index (χ4n) is 2.76. The lowest BCUT2D eigenvalue weighted by molar-refractivity contribution is 1.29. The summed E-state index contributed by atoms with van der Waals surface area (Å²) in [6, 6.07) is 17.6. The Morgan fingerprint density at radius 3 is 2.12 bits per heavy atom. The lowest BCUT2D eigenvalue weighted by Crippen LogP contribution is -1.85. The van der Waals surface area contributed by atoms with Gasteiger partial charge in [0, 0.05) is 43.1 Å². The van der Waals surface area contributed by atoms with E-state index in [0.717, 1.165) is 42.8 Å². The summed E-state index contributed by atoms with van der Waals surface area (Å²) in [6.45, 7) is 0. The predicted octanol–water partition coefficient (Wildman–Crippen LogP) is 6.98. The lowest BCUT2D eigenvalue weighted by atomic mass is 10.1. The zero-order valence-corrected chi connectivity index (χ0v) is 17.3. The van der Waals surface area contributed by atoms with Gasteiger partial charge in [0.1, 0.15) is 5.82 Å². The molecule has 2 heterocycles. The van der Waals surface area contributed by atoms with Crippen molar-refractivity contribution >= 4 is 43.5 Å². The minimum absolute atomic E-state index is 0.698. The molecule has 0 aliphatic rings. The smallest absolute Gasteiger partial charge is 0.140 e. The first-order chi connectivity index (χ1) is 12.6. The second-order valence-corrected chi connectivity index (χ2v) is 7.79. The fraction of sp³-hybridized carbons (Fsp3) is 0. The number of imidazole rings is 1. The Labute approximate surface area is 172 Å². The molecule has 0 atom stereocenters. The van der Waals surface area contributed by atoms with Crippen molar-refractivity contribution in [2.24, 2.45) is 0 Å². The minimum Gasteiger partial charge on any atom is -0.337 e. The van der Waals surface area contributed by atoms with Crippen LogP contribution in [0.4, 0.5) is 0 Å². The van der Waals surface area contributed by atoms with Crippen LogP contribution in [0.1, 0.15) is 0 Å². The molecule has 4 rings (SSSR count). The molecule has 0 unspecified atom stereocenters. The van der Waals surface area contributed by atoms with Crippen molar-refractivity contribution in [3.63, 3.8) is 0 Å². The van der Waals surface area contributed by atoms with Crippen molar-refractivity contribution in [1.82, 2.24) is 15.0 Å². The Kier molecular flexibility index (Phi) is 4.94. The number of hydrogen-bond acceptors (Lipinski definition) is 2. The Morgan fingerprint density at radius 1 is 0.808 bits per heavy atom. The molecule has 0 radical (unpaired) electrons. The number of pyridine rings is 1. The average Bonchev–Trinajstić information content (AvgIpc) is 3.08. The molecule has 0 saturated carbocycles. The summed E-state index contributed by atoms with van der Waals surface area (Å²) in [5.74, 6) is 0.779. The molecule has 1 N–H and O–H groups in total. The summed E-state index contributed by atoms with van der Waals surface area (Å²) in [5, 5.41) is 0.698. The molecule has 2 aromatic heterocycles. The van der Waals surface area contributed by atoms with Crippen LogP contribution in [-0.4, -0.2) is 15.0 Å². The van der Waals surface area contributed by atoms with Crippen molar-refractivity contribution in [3.05, 3.63) is 81.0 Å². The van der Waals surface area contributed by atoms with Gasteiger partial charge in [-0.15, -0.1) is 0 Å². The van der Waals surface area contributed by atoms with Crippen LogP contribution < -0.4 is 0 Å². The maximum absolute atomic E-state index is 6.05. The normalized spacial score (nSPS) is 10.9. The SMILES string of the molecule is Clc1ccc(-c2nc(-c3c(Br)cccc3Br)[nH]c2-c2ccncc2)cc1. The highest BCUT2D eigenvalue weighted by molar-refractivity contribution is 9.11. The Morgan fingerprint density at radius 2 is 1.46 bits per heavy atom. The topological polar surface area (TPSA) is 41.6 Å². The molecule has 0 amide bonds. The molecule has 0 spiro atoms. The lowest BCUT2D eigenvalue weighted by Gasteiger charge is -2.03. The van der Waals surface area contributed by atoms with Crippen molar-refractivity contribution in [2.45, 2.75) is 0 Å². The fourth-order valence-corrected chi connectivity index (χ4v) is 4.26. The van der Waals surface area contributed by atoms with Gasteiger partial charge >= 0.3 is 0 Å². The van der Waals surface area contributed by atoms with Crippen LogP contribution in [0.3, 0.4) is 0 Å². The number of nitrogens with one attached hydrogen (secondary N) is 1. The number of H-pyrrole nitrogens is 1. The summed E-state index contributed by atoms with van der Waals surface area (Å²) < 4.78 is 1.93. The maximum Gasteiger partial charge on any atom is 0.140 e. The minimum atomic E-state index is 0.698. The van der Waals surface area contributed by atoms with E-state index in [1.807, 2.05) is 54.6 Å². The van der Waals surface area contributed by atoms with Gasteiger partial charge in [-0.25, -0.2) is 4.98 Å². The number of benzene rings is 2. The third-order valence-electron chi connectivity index (χ3n) is 3.99. The van der Waals surface area contributed by atoms with Crippen molar-refractivity contribution in [3.8, 4) is 33.9 Å². The maximum atomic E-state index is 6.05. The molecule has 4 aromatic rings. The third-order valence-corrected chi connectivity index (χ3v) is 5.56. The van der Waals surface area contributed by atoms with Crippen LogP contribution in [0.2, 0.25) is 5.02 Å². The van der Waals surface area contributed by atoms with E-state index in [1.165, 1.54) is 0 Å². The van der Waals surface area contributed by atoms with E-state index >= 15 is 0 Å². The van der Waals surface area contributed by atoms with Gasteiger partial charge < -0.3 is 4.98 Å². The number of rotatable bonds is 3. The molecular weight excluding hydrogens is 478 g/mol. The monoisotopic (exact) mass is 487 g/mol. The highest BCUT2D eigenvalue weighted by Crippen LogP contribution is 2.38. The Balaban J connectivity index is 1.95. The molecule has 0 bridgehead atoms. The molecule has 0 aliphatic carbocycles. The van der Waals surface area contributed by atoms with Gasteiger partial charge in [-0.3, -0.25) is 4.98 Å². The summed E-state index contributed by atoms with van der Waals surface area (Å²) >= 11 is 13.3. The van der Waals surface area contributed by atoms with Crippen molar-refractivity contribution in [1.29, 1.82) is 0 Å². The molecular formula is C20H12Br2ClN3. The van der Waals surface area contributed by atoms with Crippen molar-refractivity contribution in [2.75, 3.05) is 0 Å². The molecule has 3 nitrogen and oxygen atoms in total. The number of aromatic nitrogens is 3. The first kappa shape index (κ1) is 17.5. The van der Waals surface area contributed by atoms with Gasteiger partial charge in [-0.05, 0) is 68.3 Å². The van der Waals surface area contributed by atoms with Crippen LogP contribution in [0, 0.1) is 0 Å². The summed E-state index contributed by atoms with van der Waals surface area (Å²) in [4.78, 5) is 12.5. The van der Waals surface area contributed by atoms with Gasteiger partial charge in [0.25, 0.3) is 0 Å². The second-order valence-electron chi connectivity index (χ2n) is 5.65. The van der Waals surface area contributed by atoms with E-state index in [1.54, 1.807) is 12.4 Å². The molecule has 6 heteroatoms. The Hall–Kier alpha value is -1.95. The number of halogens is 3. The number of hydrogen-bond donors (Lipinski definition) is 1. The van der Waals surface area contributed by atoms with E-state index < -0.39 is 0 Å². The summed E-state index contributed by atoms with van der Waals surface area (Å²) in [5.41, 5.74) is 4.79. The first-order valence-electron chi connectivity index (χ1n) is 7.84. The standard InChI is InChI=1S/C20H12Br2ClN3/c21-15-2-1-3-16(22)17(15)20-25-18(12-4-6-14(23)7-5-12)19(26-20)13-8-10-24-11-9-13/h1-11H,(H,25,26). The van der Waals surface area contributed by atoms with Crippen LogP contribution in [0.25, 0.3) is 33.9 Å². The van der Waals surface area contributed by atoms with Gasteiger partial charge in [0.2, 0.25) is 0 Å². The quantitative estimate of drug-likeness (QED) is 0.337. The van der Waals surface area contributed by atoms with Crippen LogP contribution >= 0.6 is 43.5 Å². The van der Waals surface area contributed by atoms with E-state index in [-0.39, 0.29) is 0 Å². The van der Waals surface area contributed by atoms with E-state index in [4.69, 9.17) is 16.6 Å². The highest BCUT2D eigenvalue weighted by Gasteiger charge is 2.18. The van der Waals surface area contributed by atoms with Crippen LogP contribution in [0.5, 0.6) is 0 Å². The van der Waals surface area contributed by atoms with Gasteiger partial charge in [-0.2, -0.15) is 0 Å². The Bertz CT molecular complexity index is 1040. The third kappa shape index (κ3) is 3.34. The molecule has 2 aromatic carbocycles. The molecule has 0 saturated heterocycles. The molecule has 0 fully saturated rings. The van der Waals surface area contributed by atoms with Crippen molar-refractivity contribution < 1.29 is 0 Å². The van der Waals surface area contributed by atoms with Crippen LogP contribution in [-0.2, 0) is 0 Å².